The van der Waals surface area contributed by atoms with Crippen molar-refractivity contribution < 1.29 is 17.6 Å². The largest absolute Gasteiger partial charge is 0.416 e. The van der Waals surface area contributed by atoms with Gasteiger partial charge in [-0.05, 0) is 43.2 Å². The monoisotopic (exact) mass is 299 g/mol. The summed E-state index contributed by atoms with van der Waals surface area (Å²) in [5.41, 5.74) is 0.580. The van der Waals surface area contributed by atoms with Gasteiger partial charge in [0.2, 0.25) is 0 Å². The van der Waals surface area contributed by atoms with Crippen molar-refractivity contribution in [2.75, 3.05) is 5.32 Å². The lowest BCUT2D eigenvalue weighted by Gasteiger charge is -2.14. The fourth-order valence-electron chi connectivity index (χ4n) is 1.79. The predicted octanol–water partition coefficient (Wildman–Crippen LogP) is 3.86. The van der Waals surface area contributed by atoms with Gasteiger partial charge in [0.25, 0.3) is 0 Å². The van der Waals surface area contributed by atoms with E-state index in [0.717, 1.165) is 23.4 Å². The molecule has 0 bridgehead atoms. The molecule has 0 spiro atoms. The average Bonchev–Trinajstić information content (AvgIpc) is 2.40. The molecule has 0 radical (unpaired) electrons. The van der Waals surface area contributed by atoms with E-state index in [9.17, 15) is 17.6 Å². The van der Waals surface area contributed by atoms with Crippen molar-refractivity contribution >= 4 is 5.82 Å². The number of aryl methyl sites for hydroxylation is 2. The van der Waals surface area contributed by atoms with Crippen LogP contribution in [0.4, 0.5) is 23.4 Å². The van der Waals surface area contributed by atoms with Gasteiger partial charge in [-0.2, -0.15) is 18.3 Å². The lowest BCUT2D eigenvalue weighted by molar-refractivity contribution is -0.138. The Hall–Kier alpha value is -2.18. The Kier molecular flexibility index (Phi) is 4.11. The molecule has 21 heavy (non-hydrogen) atoms. The van der Waals surface area contributed by atoms with E-state index in [2.05, 4.69) is 15.5 Å². The number of benzene rings is 1. The third-order valence-electron chi connectivity index (χ3n) is 3.07. The van der Waals surface area contributed by atoms with Crippen molar-refractivity contribution in [2.24, 2.45) is 0 Å². The van der Waals surface area contributed by atoms with Crippen molar-refractivity contribution in [2.45, 2.75) is 26.6 Å². The molecule has 1 aromatic carbocycles. The van der Waals surface area contributed by atoms with Crippen molar-refractivity contribution in [1.29, 1.82) is 0 Å². The minimum atomic E-state index is -4.60. The maximum atomic E-state index is 13.0. The van der Waals surface area contributed by atoms with Crippen LogP contribution in [0.25, 0.3) is 0 Å². The van der Waals surface area contributed by atoms with Gasteiger partial charge in [0.15, 0.2) is 0 Å². The van der Waals surface area contributed by atoms with E-state index in [1.54, 1.807) is 13.0 Å². The average molecular weight is 299 g/mol. The van der Waals surface area contributed by atoms with Crippen LogP contribution in [0.15, 0.2) is 24.3 Å². The van der Waals surface area contributed by atoms with Gasteiger partial charge in [0, 0.05) is 6.54 Å². The van der Waals surface area contributed by atoms with E-state index in [1.807, 2.05) is 6.92 Å². The lowest BCUT2D eigenvalue weighted by Crippen LogP contribution is -2.13. The maximum absolute atomic E-state index is 13.0. The maximum Gasteiger partial charge on any atom is 0.416 e. The first kappa shape index (κ1) is 15.2. The smallest absolute Gasteiger partial charge is 0.364 e. The zero-order valence-corrected chi connectivity index (χ0v) is 11.4. The summed E-state index contributed by atoms with van der Waals surface area (Å²) in [6.45, 7) is 3.49. The van der Waals surface area contributed by atoms with Crippen LogP contribution in [0.5, 0.6) is 0 Å². The summed E-state index contributed by atoms with van der Waals surface area (Å²) in [5.74, 6) is -0.549. The Labute approximate surface area is 119 Å². The molecule has 2 aromatic rings. The summed E-state index contributed by atoms with van der Waals surface area (Å²) in [6.07, 6.45) is -4.60. The van der Waals surface area contributed by atoms with E-state index in [1.165, 1.54) is 0 Å². The summed E-state index contributed by atoms with van der Waals surface area (Å²) in [4.78, 5) is 0. The number of nitrogens with one attached hydrogen (secondary N) is 1. The molecular weight excluding hydrogens is 286 g/mol. The van der Waals surface area contributed by atoms with Gasteiger partial charge in [0.1, 0.15) is 11.6 Å². The number of anilines is 1. The fraction of sp³-hybridized carbons (Fsp3) is 0.286. The summed E-state index contributed by atoms with van der Waals surface area (Å²) in [6, 6.07) is 4.29. The molecular formula is C14H13F4N3. The first-order chi connectivity index (χ1) is 9.77. The Balaban J connectivity index is 2.22. The van der Waals surface area contributed by atoms with E-state index in [0.29, 0.717) is 11.9 Å². The highest BCUT2D eigenvalue weighted by atomic mass is 19.4. The first-order valence-corrected chi connectivity index (χ1v) is 6.18. The number of hydrogen-bond acceptors (Lipinski definition) is 3. The predicted molar refractivity (Wildman–Crippen MR) is 70.2 cm³/mol. The van der Waals surface area contributed by atoms with Gasteiger partial charge in [-0.3, -0.25) is 0 Å². The molecule has 112 valence electrons. The van der Waals surface area contributed by atoms with Gasteiger partial charge in [-0.15, -0.1) is 5.10 Å². The Bertz CT molecular complexity index is 653. The molecule has 0 fully saturated rings. The van der Waals surface area contributed by atoms with Gasteiger partial charge >= 0.3 is 6.18 Å². The van der Waals surface area contributed by atoms with Crippen LogP contribution in [-0.4, -0.2) is 10.2 Å². The van der Waals surface area contributed by atoms with Gasteiger partial charge < -0.3 is 5.32 Å². The second kappa shape index (κ2) is 5.67. The van der Waals surface area contributed by atoms with E-state index in [-0.39, 0.29) is 12.1 Å². The van der Waals surface area contributed by atoms with Crippen LogP contribution in [0, 0.1) is 19.7 Å². The van der Waals surface area contributed by atoms with E-state index >= 15 is 0 Å². The van der Waals surface area contributed by atoms with Crippen LogP contribution < -0.4 is 5.32 Å². The molecule has 0 saturated carbocycles. The standard InChI is InChI=1S/C14H13F4N3/c1-8-5-13(21-20-9(8)2)19-7-10-3-4-11(15)6-12(10)14(16,17)18/h3-6H,7H2,1-2H3,(H,19,21). The van der Waals surface area contributed by atoms with Crippen LogP contribution in [0.2, 0.25) is 0 Å². The lowest BCUT2D eigenvalue weighted by atomic mass is 10.1. The van der Waals surface area contributed by atoms with Crippen molar-refractivity contribution in [3.63, 3.8) is 0 Å². The summed E-state index contributed by atoms with van der Waals surface area (Å²) >= 11 is 0. The number of nitrogens with zero attached hydrogens (tertiary/aromatic N) is 2. The first-order valence-electron chi connectivity index (χ1n) is 6.18. The molecule has 3 nitrogen and oxygen atoms in total. The SMILES string of the molecule is Cc1cc(NCc2ccc(F)cc2C(F)(F)F)nnc1C. The Morgan fingerprint density at radius 2 is 1.81 bits per heavy atom. The molecule has 0 aliphatic carbocycles. The molecule has 7 heteroatoms. The highest BCUT2D eigenvalue weighted by Crippen LogP contribution is 2.32. The van der Waals surface area contributed by atoms with Gasteiger partial charge in [0.05, 0.1) is 11.3 Å². The molecule has 1 heterocycles. The minimum absolute atomic E-state index is 0.0519. The van der Waals surface area contributed by atoms with Crippen molar-refractivity contribution in [3.05, 3.63) is 52.5 Å². The molecule has 1 N–H and O–H groups in total. The molecule has 1 aromatic heterocycles. The number of rotatable bonds is 3. The topological polar surface area (TPSA) is 37.8 Å². The van der Waals surface area contributed by atoms with Crippen molar-refractivity contribution in [1.82, 2.24) is 10.2 Å². The number of aromatic nitrogens is 2. The number of hydrogen-bond donors (Lipinski definition) is 1. The summed E-state index contributed by atoms with van der Waals surface area (Å²) < 4.78 is 51.5. The molecule has 0 aliphatic rings. The number of halogens is 4. The molecule has 0 saturated heterocycles. The van der Waals surface area contributed by atoms with E-state index < -0.39 is 17.6 Å². The van der Waals surface area contributed by atoms with Crippen LogP contribution in [0.3, 0.4) is 0 Å². The molecule has 2 rings (SSSR count). The number of alkyl halides is 3. The van der Waals surface area contributed by atoms with Crippen LogP contribution in [0.1, 0.15) is 22.4 Å². The third-order valence-corrected chi connectivity index (χ3v) is 3.07. The quantitative estimate of drug-likeness (QED) is 0.874. The molecule has 0 aliphatic heterocycles. The summed E-state index contributed by atoms with van der Waals surface area (Å²) in [5, 5.41) is 10.5. The zero-order chi connectivity index (χ0) is 15.6. The second-order valence-corrected chi connectivity index (χ2v) is 4.65. The van der Waals surface area contributed by atoms with Crippen molar-refractivity contribution in [3.8, 4) is 0 Å². The molecule has 0 unspecified atom stereocenters. The van der Waals surface area contributed by atoms with Gasteiger partial charge in [-0.25, -0.2) is 4.39 Å². The highest BCUT2D eigenvalue weighted by Gasteiger charge is 2.33. The molecule has 0 amide bonds. The Morgan fingerprint density at radius 1 is 1.10 bits per heavy atom. The van der Waals surface area contributed by atoms with Crippen LogP contribution in [-0.2, 0) is 12.7 Å². The van der Waals surface area contributed by atoms with Crippen LogP contribution >= 0.6 is 0 Å². The molecule has 0 atom stereocenters. The third kappa shape index (κ3) is 3.68. The second-order valence-electron chi connectivity index (χ2n) is 4.65. The zero-order valence-electron chi connectivity index (χ0n) is 11.4. The summed E-state index contributed by atoms with van der Waals surface area (Å²) in [7, 11) is 0. The minimum Gasteiger partial charge on any atom is -0.364 e. The normalized spacial score (nSPS) is 11.5. The fourth-order valence-corrected chi connectivity index (χ4v) is 1.79. The van der Waals surface area contributed by atoms with Gasteiger partial charge in [-0.1, -0.05) is 6.07 Å². The Morgan fingerprint density at radius 3 is 2.43 bits per heavy atom. The highest BCUT2D eigenvalue weighted by molar-refractivity contribution is 5.40. The van der Waals surface area contributed by atoms with E-state index in [4.69, 9.17) is 0 Å².